The summed E-state index contributed by atoms with van der Waals surface area (Å²) < 4.78 is 12.6. The molecule has 0 heterocycles. The van der Waals surface area contributed by atoms with Crippen LogP contribution in [0.1, 0.15) is 15.9 Å². The Bertz CT molecular complexity index is 299. The van der Waals surface area contributed by atoms with Crippen LogP contribution in [0.5, 0.6) is 0 Å². The van der Waals surface area contributed by atoms with Crippen molar-refractivity contribution >= 4 is 5.97 Å². The van der Waals surface area contributed by atoms with Crippen molar-refractivity contribution in [1.82, 2.24) is 0 Å². The third-order valence-electron chi connectivity index (χ3n) is 1.34. The summed E-state index contributed by atoms with van der Waals surface area (Å²) in [5, 5.41) is 10.2. The minimum Gasteiger partial charge on any atom is -0.545 e. The Labute approximate surface area is 112 Å². The predicted molar refractivity (Wildman–Crippen MR) is 35.5 cm³/mol. The van der Waals surface area contributed by atoms with Gasteiger partial charge in [0.25, 0.3) is 0 Å². The molecule has 12 heavy (non-hydrogen) atoms. The van der Waals surface area contributed by atoms with Gasteiger partial charge in [0.1, 0.15) is 5.82 Å². The van der Waals surface area contributed by atoms with E-state index in [4.69, 9.17) is 0 Å². The van der Waals surface area contributed by atoms with Crippen LogP contribution in [0.15, 0.2) is 18.2 Å². The maximum Gasteiger partial charge on any atom is 1.00 e. The van der Waals surface area contributed by atoms with Crippen molar-refractivity contribution in [3.05, 3.63) is 35.1 Å². The molecule has 1 aromatic rings. The summed E-state index contributed by atoms with van der Waals surface area (Å²) in [6.07, 6.45) is 0. The molecule has 0 bridgehead atoms. The van der Waals surface area contributed by atoms with E-state index in [0.717, 1.165) is 6.07 Å². The fourth-order valence-corrected chi connectivity index (χ4v) is 0.796. The van der Waals surface area contributed by atoms with Crippen LogP contribution >= 0.6 is 0 Å². The number of hydrogen-bond acceptors (Lipinski definition) is 2. The molecule has 0 amide bonds. The minimum atomic E-state index is -1.48. The van der Waals surface area contributed by atoms with E-state index in [1.165, 1.54) is 12.1 Å². The third kappa shape index (κ3) is 2.95. The number of carbonyl (C=O) groups is 1. The second-order valence-electron chi connectivity index (χ2n) is 2.27. The van der Waals surface area contributed by atoms with Gasteiger partial charge < -0.3 is 9.90 Å². The molecule has 58 valence electrons. The monoisotopic (exact) mass is 192 g/mol. The molecule has 1 aromatic carbocycles. The molecule has 0 aromatic heterocycles. The number of hydrogen-bond donors (Lipinski definition) is 0. The summed E-state index contributed by atoms with van der Waals surface area (Å²) in [6, 6.07) is 3.85. The Morgan fingerprint density at radius 2 is 2.08 bits per heavy atom. The molecule has 2 nitrogen and oxygen atoms in total. The van der Waals surface area contributed by atoms with E-state index in [0.29, 0.717) is 5.56 Å². The number of aryl methyl sites for hydroxylation is 1. The zero-order chi connectivity index (χ0) is 8.43. The smallest absolute Gasteiger partial charge is 0.545 e. The van der Waals surface area contributed by atoms with Crippen LogP contribution < -0.4 is 56.5 Å². The van der Waals surface area contributed by atoms with Gasteiger partial charge in [-0.15, -0.1) is 0 Å². The third-order valence-corrected chi connectivity index (χ3v) is 1.34. The van der Waals surface area contributed by atoms with E-state index in [1.54, 1.807) is 6.92 Å². The Morgan fingerprint density at radius 1 is 1.50 bits per heavy atom. The second kappa shape index (κ2) is 5.09. The van der Waals surface area contributed by atoms with E-state index in [2.05, 4.69) is 0 Å². The van der Waals surface area contributed by atoms with Crippen molar-refractivity contribution in [2.75, 3.05) is 0 Å². The van der Waals surface area contributed by atoms with Crippen LogP contribution in [0.2, 0.25) is 0 Å². The topological polar surface area (TPSA) is 40.1 Å². The van der Waals surface area contributed by atoms with Crippen LogP contribution in [-0.2, 0) is 0 Å². The molecule has 0 aliphatic heterocycles. The fourth-order valence-electron chi connectivity index (χ4n) is 0.796. The zero-order valence-electron chi connectivity index (χ0n) is 6.93. The van der Waals surface area contributed by atoms with Gasteiger partial charge in [0.2, 0.25) is 0 Å². The van der Waals surface area contributed by atoms with Gasteiger partial charge in [-0.3, -0.25) is 0 Å². The van der Waals surface area contributed by atoms with E-state index in [1.807, 2.05) is 0 Å². The normalized spacial score (nSPS) is 8.83. The molecule has 1 rings (SSSR count). The summed E-state index contributed by atoms with van der Waals surface area (Å²) >= 11 is 0. The number of halogens is 1. The van der Waals surface area contributed by atoms with Crippen molar-refractivity contribution in [2.45, 2.75) is 6.92 Å². The summed E-state index contributed by atoms with van der Waals surface area (Å²) in [4.78, 5) is 10.2. The molecule has 0 spiro atoms. The predicted octanol–water partition coefficient (Wildman–Crippen LogP) is -2.50. The molecule has 0 radical (unpaired) electrons. The maximum absolute atomic E-state index is 12.6. The molecule has 0 aliphatic rings. The zero-order valence-corrected chi connectivity index (χ0v) is 10.0. The number of carboxylic acids is 1. The number of carbonyl (C=O) groups excluding carboxylic acids is 1. The first-order valence-corrected chi connectivity index (χ1v) is 3.09. The fraction of sp³-hybridized carbons (Fsp3) is 0.125. The quantitative estimate of drug-likeness (QED) is 0.462. The minimum absolute atomic E-state index is 0. The molecule has 4 heteroatoms. The van der Waals surface area contributed by atoms with Crippen LogP contribution in [0.4, 0.5) is 4.39 Å². The summed E-state index contributed by atoms with van der Waals surface area (Å²) in [6.45, 7) is 1.69. The van der Waals surface area contributed by atoms with E-state index >= 15 is 0 Å². The number of rotatable bonds is 1. The number of aromatic carboxylic acids is 1. The molecule has 0 fully saturated rings. The van der Waals surface area contributed by atoms with E-state index in [-0.39, 0.29) is 56.9 Å². The Kier molecular flexibility index (Phi) is 5.20. The summed E-state index contributed by atoms with van der Waals surface area (Å²) in [5.41, 5.74) is 0.315. The first-order chi connectivity index (χ1) is 5.11. The standard InChI is InChI=1S/C8H7FO2.K/c1-5-2-3-7(9)6(4-5)8(10)11;/h2-4H,1H3,(H,10,11);/q;+1/p-1. The van der Waals surface area contributed by atoms with Gasteiger partial charge in [-0.1, -0.05) is 11.6 Å². The first kappa shape index (κ1) is 12.3. The molecule has 0 aliphatic carbocycles. The van der Waals surface area contributed by atoms with Crippen LogP contribution in [0.25, 0.3) is 0 Å². The van der Waals surface area contributed by atoms with Crippen LogP contribution in [0.3, 0.4) is 0 Å². The van der Waals surface area contributed by atoms with E-state index < -0.39 is 11.8 Å². The summed E-state index contributed by atoms with van der Waals surface area (Å²) in [7, 11) is 0. The van der Waals surface area contributed by atoms with Crippen molar-refractivity contribution in [3.8, 4) is 0 Å². The van der Waals surface area contributed by atoms with Crippen LogP contribution in [0, 0.1) is 12.7 Å². The molecular weight excluding hydrogens is 186 g/mol. The Hall–Kier alpha value is 0.256. The van der Waals surface area contributed by atoms with Crippen molar-refractivity contribution in [1.29, 1.82) is 0 Å². The van der Waals surface area contributed by atoms with Gasteiger partial charge in [0.05, 0.1) is 5.97 Å². The second-order valence-corrected chi connectivity index (χ2v) is 2.27. The van der Waals surface area contributed by atoms with Crippen molar-refractivity contribution in [2.24, 2.45) is 0 Å². The molecule has 0 saturated heterocycles. The average molecular weight is 192 g/mol. The largest absolute Gasteiger partial charge is 1.00 e. The van der Waals surface area contributed by atoms with Crippen molar-refractivity contribution in [3.63, 3.8) is 0 Å². The van der Waals surface area contributed by atoms with Crippen LogP contribution in [-0.4, -0.2) is 5.97 Å². The maximum atomic E-state index is 12.6. The molecule has 0 saturated carbocycles. The molecule has 0 N–H and O–H groups in total. The average Bonchev–Trinajstić information content (AvgIpc) is 1.94. The number of benzene rings is 1. The van der Waals surface area contributed by atoms with Gasteiger partial charge in [-0.2, -0.15) is 0 Å². The van der Waals surface area contributed by atoms with Crippen molar-refractivity contribution < 1.29 is 65.7 Å². The van der Waals surface area contributed by atoms with E-state index in [9.17, 15) is 14.3 Å². The first-order valence-electron chi connectivity index (χ1n) is 3.09. The molecule has 0 unspecified atom stereocenters. The molecule has 0 atom stereocenters. The van der Waals surface area contributed by atoms with Gasteiger partial charge in [-0.05, 0) is 19.1 Å². The Balaban J connectivity index is 0.00000121. The number of carboxylic acid groups (broad SMARTS) is 1. The molecular formula is C8H6FKO2. The van der Waals surface area contributed by atoms with Gasteiger partial charge in [0, 0.05) is 5.56 Å². The van der Waals surface area contributed by atoms with Gasteiger partial charge in [0.15, 0.2) is 0 Å². The van der Waals surface area contributed by atoms with Gasteiger partial charge in [-0.25, -0.2) is 4.39 Å². The van der Waals surface area contributed by atoms with Gasteiger partial charge >= 0.3 is 51.4 Å². The summed E-state index contributed by atoms with van der Waals surface area (Å²) in [5.74, 6) is -2.23. The Morgan fingerprint density at radius 3 is 2.50 bits per heavy atom. The SMILES string of the molecule is Cc1ccc(F)c(C(=O)[O-])c1.[K+].